The van der Waals surface area contributed by atoms with Gasteiger partial charge in [-0.25, -0.2) is 9.40 Å². The van der Waals surface area contributed by atoms with E-state index < -0.39 is 0 Å². The molecular formula is C25H31FN4O3. The van der Waals surface area contributed by atoms with Crippen molar-refractivity contribution >= 4 is 11.6 Å². The van der Waals surface area contributed by atoms with Gasteiger partial charge in [0, 0.05) is 49.8 Å². The first-order valence-corrected chi connectivity index (χ1v) is 11.3. The van der Waals surface area contributed by atoms with Crippen molar-refractivity contribution in [3.05, 3.63) is 59.4 Å². The van der Waals surface area contributed by atoms with Crippen LogP contribution >= 0.6 is 0 Å². The summed E-state index contributed by atoms with van der Waals surface area (Å²) in [4.78, 5) is 18.0. The van der Waals surface area contributed by atoms with Gasteiger partial charge in [0.15, 0.2) is 0 Å². The number of hydrogen-bond donors (Lipinski definition) is 0. The first-order chi connectivity index (χ1) is 16.0. The van der Waals surface area contributed by atoms with Crippen molar-refractivity contribution < 1.29 is 18.7 Å². The molecule has 0 spiro atoms. The van der Waals surface area contributed by atoms with Crippen LogP contribution in [0.25, 0.3) is 0 Å². The summed E-state index contributed by atoms with van der Waals surface area (Å²) in [6, 6.07) is 11.6. The molecule has 2 aliphatic rings. The molecule has 1 saturated heterocycles. The van der Waals surface area contributed by atoms with Gasteiger partial charge < -0.3 is 14.4 Å². The number of carbonyl (C=O) groups is 1. The maximum atomic E-state index is 13.9. The summed E-state index contributed by atoms with van der Waals surface area (Å²) in [5, 5.41) is 6.23. The van der Waals surface area contributed by atoms with Gasteiger partial charge in [-0.05, 0) is 30.8 Å². The fourth-order valence-electron chi connectivity index (χ4n) is 4.45. The van der Waals surface area contributed by atoms with E-state index in [4.69, 9.17) is 9.47 Å². The van der Waals surface area contributed by atoms with Crippen LogP contribution in [0.15, 0.2) is 47.6 Å². The van der Waals surface area contributed by atoms with E-state index in [1.807, 2.05) is 24.3 Å². The minimum atomic E-state index is -0.339. The molecule has 0 N–H and O–H groups in total. The molecular weight excluding hydrogens is 423 g/mol. The molecule has 33 heavy (non-hydrogen) atoms. The van der Waals surface area contributed by atoms with Gasteiger partial charge in [-0.2, -0.15) is 5.10 Å². The van der Waals surface area contributed by atoms with Crippen molar-refractivity contribution in [1.82, 2.24) is 14.8 Å². The SMILES string of the molecule is CCN1CCN(CC(=O)N2N=C(c3cccc(F)c3)C[C@@H]2c2ccc(OC)cc2OC)CC1. The summed E-state index contributed by atoms with van der Waals surface area (Å²) in [5.74, 6) is 0.900. The van der Waals surface area contributed by atoms with E-state index in [1.54, 1.807) is 25.3 Å². The van der Waals surface area contributed by atoms with Crippen LogP contribution in [0.5, 0.6) is 11.5 Å². The van der Waals surface area contributed by atoms with Crippen molar-refractivity contribution in [2.75, 3.05) is 53.5 Å². The normalized spacial score (nSPS) is 19.5. The van der Waals surface area contributed by atoms with Gasteiger partial charge in [0.05, 0.1) is 32.5 Å². The second kappa shape index (κ2) is 10.3. The van der Waals surface area contributed by atoms with E-state index in [1.165, 1.54) is 12.1 Å². The van der Waals surface area contributed by atoms with Crippen LogP contribution in [-0.2, 0) is 4.79 Å². The van der Waals surface area contributed by atoms with Gasteiger partial charge in [-0.15, -0.1) is 0 Å². The fourth-order valence-corrected chi connectivity index (χ4v) is 4.45. The molecule has 0 aliphatic carbocycles. The van der Waals surface area contributed by atoms with Gasteiger partial charge in [-0.3, -0.25) is 9.69 Å². The first-order valence-electron chi connectivity index (χ1n) is 11.3. The number of methoxy groups -OCH3 is 2. The molecule has 1 atom stereocenters. The lowest BCUT2D eigenvalue weighted by Crippen LogP contribution is -2.49. The molecule has 0 unspecified atom stereocenters. The van der Waals surface area contributed by atoms with E-state index in [0.29, 0.717) is 35.7 Å². The van der Waals surface area contributed by atoms with Gasteiger partial charge in [0.25, 0.3) is 5.91 Å². The van der Waals surface area contributed by atoms with E-state index in [9.17, 15) is 9.18 Å². The Balaban J connectivity index is 1.61. The minimum absolute atomic E-state index is 0.0748. The van der Waals surface area contributed by atoms with E-state index in [-0.39, 0.29) is 17.8 Å². The molecule has 1 fully saturated rings. The number of nitrogens with zero attached hydrogens (tertiary/aromatic N) is 4. The molecule has 176 valence electrons. The van der Waals surface area contributed by atoms with Crippen LogP contribution in [0.1, 0.15) is 30.5 Å². The summed E-state index contributed by atoms with van der Waals surface area (Å²) >= 11 is 0. The Hall–Kier alpha value is -2.97. The highest BCUT2D eigenvalue weighted by Crippen LogP contribution is 2.39. The zero-order valence-electron chi connectivity index (χ0n) is 19.5. The number of rotatable bonds is 7. The second-order valence-corrected chi connectivity index (χ2v) is 8.33. The lowest BCUT2D eigenvalue weighted by molar-refractivity contribution is -0.134. The molecule has 0 aromatic heterocycles. The van der Waals surface area contributed by atoms with Crippen LogP contribution in [0, 0.1) is 5.82 Å². The Morgan fingerprint density at radius 3 is 2.48 bits per heavy atom. The highest BCUT2D eigenvalue weighted by atomic mass is 19.1. The maximum absolute atomic E-state index is 13.9. The first kappa shape index (κ1) is 23.2. The van der Waals surface area contributed by atoms with Crippen LogP contribution < -0.4 is 9.47 Å². The predicted octanol–water partition coefficient (Wildman–Crippen LogP) is 3.16. The molecule has 0 saturated carbocycles. The summed E-state index contributed by atoms with van der Waals surface area (Å²) in [6.07, 6.45) is 0.474. The Morgan fingerprint density at radius 1 is 1.06 bits per heavy atom. The fraction of sp³-hybridized carbons (Fsp3) is 0.440. The van der Waals surface area contributed by atoms with Gasteiger partial charge in [0.2, 0.25) is 0 Å². The number of likely N-dealkylation sites (N-methyl/N-ethyl adjacent to an activating group) is 1. The Labute approximate surface area is 194 Å². The molecule has 2 aromatic carbocycles. The summed E-state index contributed by atoms with van der Waals surface area (Å²) in [7, 11) is 3.20. The van der Waals surface area contributed by atoms with Crippen molar-refractivity contribution in [2.24, 2.45) is 5.10 Å². The summed E-state index contributed by atoms with van der Waals surface area (Å²) in [5.41, 5.74) is 2.21. The zero-order valence-corrected chi connectivity index (χ0v) is 19.5. The number of amides is 1. The molecule has 0 radical (unpaired) electrons. The Bertz CT molecular complexity index is 1020. The topological polar surface area (TPSA) is 57.6 Å². The zero-order chi connectivity index (χ0) is 23.4. The van der Waals surface area contributed by atoms with E-state index in [2.05, 4.69) is 21.8 Å². The van der Waals surface area contributed by atoms with Crippen LogP contribution in [-0.4, -0.2) is 79.9 Å². The van der Waals surface area contributed by atoms with Crippen molar-refractivity contribution in [1.29, 1.82) is 0 Å². The van der Waals surface area contributed by atoms with Gasteiger partial charge in [-0.1, -0.05) is 19.1 Å². The van der Waals surface area contributed by atoms with E-state index >= 15 is 0 Å². The lowest BCUT2D eigenvalue weighted by atomic mass is 9.97. The van der Waals surface area contributed by atoms with Crippen molar-refractivity contribution in [2.45, 2.75) is 19.4 Å². The van der Waals surface area contributed by atoms with Gasteiger partial charge in [0.1, 0.15) is 17.3 Å². The number of hydrazone groups is 1. The average Bonchev–Trinajstić information content (AvgIpc) is 3.29. The highest BCUT2D eigenvalue weighted by molar-refractivity contribution is 6.03. The maximum Gasteiger partial charge on any atom is 0.257 e. The number of halogens is 1. The molecule has 0 bridgehead atoms. The van der Waals surface area contributed by atoms with Crippen LogP contribution in [0.3, 0.4) is 0 Å². The Kier molecular flexibility index (Phi) is 7.25. The molecule has 8 heteroatoms. The molecule has 4 rings (SSSR count). The third-order valence-corrected chi connectivity index (χ3v) is 6.39. The van der Waals surface area contributed by atoms with Crippen LogP contribution in [0.4, 0.5) is 4.39 Å². The highest BCUT2D eigenvalue weighted by Gasteiger charge is 2.36. The summed E-state index contributed by atoms with van der Waals surface area (Å²) < 4.78 is 24.8. The number of piperazine rings is 1. The van der Waals surface area contributed by atoms with Crippen LogP contribution in [0.2, 0.25) is 0 Å². The number of carbonyl (C=O) groups excluding carboxylic acids is 1. The standard InChI is InChI=1S/C25H31FN4O3/c1-4-28-10-12-29(13-11-28)17-25(31)30-23(21-9-8-20(32-2)15-24(21)33-3)16-22(27-30)18-6-5-7-19(26)14-18/h5-9,14-15,23H,4,10-13,16-17H2,1-3H3/t23-/m1/s1. The number of ether oxygens (including phenoxy) is 2. The van der Waals surface area contributed by atoms with Crippen molar-refractivity contribution in [3.8, 4) is 11.5 Å². The monoisotopic (exact) mass is 454 g/mol. The van der Waals surface area contributed by atoms with E-state index in [0.717, 1.165) is 38.3 Å². The smallest absolute Gasteiger partial charge is 0.257 e. The molecule has 1 amide bonds. The summed E-state index contributed by atoms with van der Waals surface area (Å²) in [6.45, 7) is 7.09. The average molecular weight is 455 g/mol. The third kappa shape index (κ3) is 5.17. The minimum Gasteiger partial charge on any atom is -0.497 e. The predicted molar refractivity (Wildman–Crippen MR) is 125 cm³/mol. The third-order valence-electron chi connectivity index (χ3n) is 6.39. The quantitative estimate of drug-likeness (QED) is 0.643. The number of benzene rings is 2. The molecule has 2 aromatic rings. The molecule has 2 heterocycles. The van der Waals surface area contributed by atoms with Crippen molar-refractivity contribution in [3.63, 3.8) is 0 Å². The largest absolute Gasteiger partial charge is 0.497 e. The second-order valence-electron chi connectivity index (χ2n) is 8.33. The molecule has 2 aliphatic heterocycles. The van der Waals surface area contributed by atoms with Gasteiger partial charge >= 0.3 is 0 Å². The number of hydrogen-bond acceptors (Lipinski definition) is 6. The Morgan fingerprint density at radius 2 is 1.82 bits per heavy atom. The lowest BCUT2D eigenvalue weighted by Gasteiger charge is -2.34. The molecule has 7 nitrogen and oxygen atoms in total.